The second kappa shape index (κ2) is 2.12. The minimum atomic E-state index is 0.438. The van der Waals surface area contributed by atoms with Gasteiger partial charge in [0, 0.05) is 0 Å². The van der Waals surface area contributed by atoms with E-state index >= 15 is 0 Å². The fourth-order valence-electron chi connectivity index (χ4n) is 0.313. The van der Waals surface area contributed by atoms with Gasteiger partial charge in [-0.2, -0.15) is 0 Å². The van der Waals surface area contributed by atoms with E-state index in [0.29, 0.717) is 14.5 Å². The van der Waals surface area contributed by atoms with Gasteiger partial charge in [0.25, 0.3) is 0 Å². The minimum absolute atomic E-state index is 0.438. The summed E-state index contributed by atoms with van der Waals surface area (Å²) in [4.78, 5) is 4.44. The number of rotatable bonds is 0. The summed E-state index contributed by atoms with van der Waals surface area (Å²) in [6.07, 6.45) is 6.25. The van der Waals surface area contributed by atoms with Crippen LogP contribution in [0.2, 0.25) is 0 Å². The molecule has 1 aliphatic heterocycles. The van der Waals surface area contributed by atoms with Crippen molar-refractivity contribution in [1.29, 1.82) is 0 Å². The Kier molecular flexibility index (Phi) is 1.42. The van der Waals surface area contributed by atoms with Gasteiger partial charge in [0.1, 0.15) is 0 Å². The average molecular weight is 145 g/mol. The molecule has 0 spiro atoms. The zero-order chi connectivity index (χ0) is 4.24. The van der Waals surface area contributed by atoms with Crippen LogP contribution in [-0.2, 0) is 0 Å². The standard InChI is InChI=1S/C5H6Se/c1-2-4-6-5-3-1/h1-6H. The maximum absolute atomic E-state index is 2.22. The van der Waals surface area contributed by atoms with Gasteiger partial charge in [0.2, 0.25) is 0 Å². The summed E-state index contributed by atoms with van der Waals surface area (Å²) in [5.74, 6) is 0. The van der Waals surface area contributed by atoms with Gasteiger partial charge in [-0.25, -0.2) is 0 Å². The first kappa shape index (κ1) is 4.04. The molecule has 0 amide bonds. The molecule has 0 saturated heterocycles. The van der Waals surface area contributed by atoms with Crippen LogP contribution in [0.3, 0.4) is 0 Å². The summed E-state index contributed by atoms with van der Waals surface area (Å²) in [5.41, 5.74) is 0. The Hall–Kier alpha value is -0.131. The molecule has 0 radical (unpaired) electrons. The fraction of sp³-hybridized carbons (Fsp3) is 0. The summed E-state index contributed by atoms with van der Waals surface area (Å²) in [7, 11) is 0. The molecule has 0 fully saturated rings. The molecule has 1 rings (SSSR count). The molecule has 0 saturated carbocycles. The Morgan fingerprint density at radius 3 is 2.17 bits per heavy atom. The van der Waals surface area contributed by atoms with Crippen LogP contribution in [0.15, 0.2) is 23.2 Å². The second-order valence-corrected chi connectivity index (χ2v) is 2.90. The molecule has 0 aromatic heterocycles. The molecule has 1 aliphatic rings. The Morgan fingerprint density at radius 2 is 2.00 bits per heavy atom. The van der Waals surface area contributed by atoms with Crippen molar-refractivity contribution in [3.8, 4) is 0 Å². The van der Waals surface area contributed by atoms with Crippen molar-refractivity contribution in [3.05, 3.63) is 23.2 Å². The van der Waals surface area contributed by atoms with Gasteiger partial charge < -0.3 is 0 Å². The predicted octanol–water partition coefficient (Wildman–Crippen LogP) is 0.309. The Bertz CT molecular complexity index is 73.3. The first-order chi connectivity index (χ1) is 3.00. The molecule has 0 aromatic rings. The van der Waals surface area contributed by atoms with Crippen molar-refractivity contribution in [2.45, 2.75) is 0 Å². The topological polar surface area (TPSA) is 0 Å². The van der Waals surface area contributed by atoms with E-state index in [-0.39, 0.29) is 0 Å². The summed E-state index contributed by atoms with van der Waals surface area (Å²) in [6.45, 7) is 0. The molecule has 0 unspecified atom stereocenters. The summed E-state index contributed by atoms with van der Waals surface area (Å²) in [6, 6.07) is 0. The van der Waals surface area contributed by atoms with Gasteiger partial charge in [-0.15, -0.1) is 0 Å². The van der Waals surface area contributed by atoms with Crippen LogP contribution in [0.5, 0.6) is 0 Å². The molecule has 0 aromatic carbocycles. The Morgan fingerprint density at radius 1 is 1.00 bits per heavy atom. The Labute approximate surface area is 43.3 Å². The first-order valence-corrected chi connectivity index (χ1v) is 4.02. The third kappa shape index (κ3) is 0.925. The number of hydrogen-bond acceptors (Lipinski definition) is 0. The van der Waals surface area contributed by atoms with Gasteiger partial charge in [0.15, 0.2) is 0 Å². The van der Waals surface area contributed by atoms with E-state index in [1.807, 2.05) is 0 Å². The van der Waals surface area contributed by atoms with Crippen molar-refractivity contribution in [3.63, 3.8) is 0 Å². The molecular formula is C5H6Se. The van der Waals surface area contributed by atoms with Gasteiger partial charge >= 0.3 is 42.6 Å². The molecule has 0 bridgehead atoms. The molecule has 0 atom stereocenters. The van der Waals surface area contributed by atoms with Crippen LogP contribution in [-0.4, -0.2) is 19.4 Å². The third-order valence-corrected chi connectivity index (χ3v) is 2.01. The molecule has 0 aliphatic carbocycles. The second-order valence-electron chi connectivity index (χ2n) is 1.02. The summed E-state index contributed by atoms with van der Waals surface area (Å²) in [5, 5.41) is 0. The van der Waals surface area contributed by atoms with Gasteiger partial charge in [-0.1, -0.05) is 0 Å². The van der Waals surface area contributed by atoms with Crippen LogP contribution < -0.4 is 0 Å². The molecule has 6 heavy (non-hydrogen) atoms. The van der Waals surface area contributed by atoms with Gasteiger partial charge in [-0.05, 0) is 0 Å². The van der Waals surface area contributed by atoms with Crippen LogP contribution >= 0.6 is 0 Å². The van der Waals surface area contributed by atoms with Crippen molar-refractivity contribution >= 4 is 19.4 Å². The van der Waals surface area contributed by atoms with Crippen LogP contribution in [0.4, 0.5) is 0 Å². The van der Waals surface area contributed by atoms with E-state index in [1.165, 1.54) is 0 Å². The van der Waals surface area contributed by atoms with Crippen molar-refractivity contribution in [2.24, 2.45) is 0 Å². The normalized spacial score (nSPS) is 17.3. The van der Waals surface area contributed by atoms with E-state index in [2.05, 4.69) is 28.1 Å². The van der Waals surface area contributed by atoms with Gasteiger partial charge in [-0.3, -0.25) is 0 Å². The number of allylic oxidation sites excluding steroid dienone is 3. The third-order valence-electron chi connectivity index (χ3n) is 0.566. The zero-order valence-corrected chi connectivity index (χ0v) is 5.21. The quantitative estimate of drug-likeness (QED) is 0.430. The molecule has 0 nitrogen and oxygen atoms in total. The van der Waals surface area contributed by atoms with E-state index in [9.17, 15) is 0 Å². The van der Waals surface area contributed by atoms with Crippen molar-refractivity contribution < 1.29 is 0 Å². The van der Waals surface area contributed by atoms with Crippen LogP contribution in [0.1, 0.15) is 0 Å². The van der Waals surface area contributed by atoms with Crippen LogP contribution in [0.25, 0.3) is 0 Å². The van der Waals surface area contributed by atoms with Crippen molar-refractivity contribution in [2.75, 3.05) is 0 Å². The molecule has 1 heteroatoms. The predicted molar refractivity (Wildman–Crippen MR) is 31.5 cm³/mol. The van der Waals surface area contributed by atoms with Crippen LogP contribution in [0, 0.1) is 0 Å². The molecule has 32 valence electrons. The first-order valence-electron chi connectivity index (χ1n) is 1.85. The van der Waals surface area contributed by atoms with E-state index in [0.717, 1.165) is 0 Å². The summed E-state index contributed by atoms with van der Waals surface area (Å²) >= 11 is 0.438. The average Bonchev–Trinajstić information content (AvgIpc) is 1.72. The maximum atomic E-state index is 2.22. The molecule has 0 N–H and O–H groups in total. The summed E-state index contributed by atoms with van der Waals surface area (Å²) < 4.78 is 0. The zero-order valence-electron chi connectivity index (χ0n) is 3.33. The number of hydrogen-bond donors (Lipinski definition) is 0. The molecular weight excluding hydrogens is 139 g/mol. The van der Waals surface area contributed by atoms with E-state index < -0.39 is 0 Å². The fourth-order valence-corrected chi connectivity index (χ4v) is 1.36. The van der Waals surface area contributed by atoms with E-state index in [4.69, 9.17) is 0 Å². The van der Waals surface area contributed by atoms with Crippen molar-refractivity contribution in [1.82, 2.24) is 0 Å². The molecule has 1 heterocycles. The van der Waals surface area contributed by atoms with Gasteiger partial charge in [0.05, 0.1) is 0 Å². The monoisotopic (exact) mass is 146 g/mol. The van der Waals surface area contributed by atoms with E-state index in [1.54, 1.807) is 0 Å². The SMILES string of the molecule is C1=CC=[SeH]C=C1. The Balaban J connectivity index is 2.77.